The summed E-state index contributed by atoms with van der Waals surface area (Å²) in [5, 5.41) is 6.32. The largest absolute Gasteiger partial charge is 0.441 e. The third-order valence-corrected chi connectivity index (χ3v) is 4.99. The van der Waals surface area contributed by atoms with Crippen molar-refractivity contribution < 1.29 is 9.21 Å². The second kappa shape index (κ2) is 8.44. The second-order valence-electron chi connectivity index (χ2n) is 6.10. The van der Waals surface area contributed by atoms with Crippen LogP contribution < -0.4 is 10.6 Å². The number of carbonyl (C=O) groups excluding carboxylic acids is 1. The van der Waals surface area contributed by atoms with Crippen LogP contribution in [-0.4, -0.2) is 30.5 Å². The molecule has 1 saturated heterocycles. The maximum Gasteiger partial charge on any atom is 0.220 e. The first-order chi connectivity index (χ1) is 11.7. The Morgan fingerprint density at radius 1 is 1.42 bits per heavy atom. The highest BCUT2D eigenvalue weighted by Gasteiger charge is 2.14. The number of nitrogens with one attached hydrogen (secondary N) is 2. The van der Waals surface area contributed by atoms with Crippen molar-refractivity contribution in [3.8, 4) is 11.3 Å². The van der Waals surface area contributed by atoms with Crippen LogP contribution >= 0.6 is 15.9 Å². The van der Waals surface area contributed by atoms with E-state index in [4.69, 9.17) is 4.42 Å². The van der Waals surface area contributed by atoms with Gasteiger partial charge in [0, 0.05) is 29.4 Å². The van der Waals surface area contributed by atoms with Crippen LogP contribution in [0.3, 0.4) is 0 Å². The van der Waals surface area contributed by atoms with Crippen LogP contribution in [0.2, 0.25) is 0 Å². The maximum atomic E-state index is 11.9. The molecule has 1 aromatic heterocycles. The summed E-state index contributed by atoms with van der Waals surface area (Å²) in [5.74, 6) is 2.06. The number of hydrogen-bond donors (Lipinski definition) is 2. The van der Waals surface area contributed by atoms with Crippen LogP contribution in [0.25, 0.3) is 11.3 Å². The van der Waals surface area contributed by atoms with E-state index in [1.54, 1.807) is 6.20 Å². The normalized spacial score (nSPS) is 17.1. The third-order valence-electron chi connectivity index (χ3n) is 4.30. The van der Waals surface area contributed by atoms with E-state index in [2.05, 4.69) is 31.5 Å². The fourth-order valence-corrected chi connectivity index (χ4v) is 3.38. The number of benzene rings is 1. The van der Waals surface area contributed by atoms with Crippen molar-refractivity contribution in [1.82, 2.24) is 15.6 Å². The van der Waals surface area contributed by atoms with Crippen molar-refractivity contribution in [3.05, 3.63) is 40.8 Å². The average Bonchev–Trinajstić information content (AvgIpc) is 3.25. The van der Waals surface area contributed by atoms with E-state index in [-0.39, 0.29) is 5.91 Å². The molecule has 0 spiro atoms. The predicted octanol–water partition coefficient (Wildman–Crippen LogP) is 3.15. The molecule has 0 saturated carbocycles. The van der Waals surface area contributed by atoms with E-state index < -0.39 is 0 Å². The van der Waals surface area contributed by atoms with Gasteiger partial charge >= 0.3 is 0 Å². The fraction of sp³-hybridized carbons (Fsp3) is 0.444. The van der Waals surface area contributed by atoms with Crippen molar-refractivity contribution in [2.45, 2.75) is 25.7 Å². The van der Waals surface area contributed by atoms with Gasteiger partial charge in [0.2, 0.25) is 5.91 Å². The summed E-state index contributed by atoms with van der Waals surface area (Å²) in [5.41, 5.74) is 0.964. The molecular weight excluding hydrogens is 370 g/mol. The standard InChI is InChI=1S/C18H22BrN3O2/c19-15-4-2-1-3-14(15)16-12-22-18(24-16)6-5-17(23)21-10-8-13-7-9-20-11-13/h1-4,12-13,20H,5-11H2,(H,21,23). The first-order valence-corrected chi connectivity index (χ1v) is 9.18. The Balaban J connectivity index is 1.43. The van der Waals surface area contributed by atoms with E-state index in [0.717, 1.165) is 36.1 Å². The van der Waals surface area contributed by atoms with Gasteiger partial charge in [-0.25, -0.2) is 4.98 Å². The smallest absolute Gasteiger partial charge is 0.220 e. The Morgan fingerprint density at radius 2 is 2.29 bits per heavy atom. The highest BCUT2D eigenvalue weighted by atomic mass is 79.9. The molecule has 3 rings (SSSR count). The Morgan fingerprint density at radius 3 is 3.08 bits per heavy atom. The van der Waals surface area contributed by atoms with E-state index in [1.165, 1.54) is 6.42 Å². The van der Waals surface area contributed by atoms with E-state index in [9.17, 15) is 4.79 Å². The van der Waals surface area contributed by atoms with Gasteiger partial charge in [0.05, 0.1) is 6.20 Å². The van der Waals surface area contributed by atoms with Crippen LogP contribution in [0.15, 0.2) is 39.4 Å². The van der Waals surface area contributed by atoms with Crippen LogP contribution in [0.5, 0.6) is 0 Å². The molecule has 1 aromatic carbocycles. The van der Waals surface area contributed by atoms with Gasteiger partial charge in [0.1, 0.15) is 0 Å². The summed E-state index contributed by atoms with van der Waals surface area (Å²) in [4.78, 5) is 16.2. The molecule has 5 nitrogen and oxygen atoms in total. The molecule has 6 heteroatoms. The zero-order valence-corrected chi connectivity index (χ0v) is 15.1. The molecule has 0 radical (unpaired) electrons. The van der Waals surface area contributed by atoms with Gasteiger partial charge in [-0.2, -0.15) is 0 Å². The van der Waals surface area contributed by atoms with E-state index in [0.29, 0.717) is 30.4 Å². The molecule has 0 aliphatic carbocycles. The van der Waals surface area contributed by atoms with Gasteiger partial charge in [0.25, 0.3) is 0 Å². The summed E-state index contributed by atoms with van der Waals surface area (Å²) >= 11 is 3.50. The molecule has 1 amide bonds. The summed E-state index contributed by atoms with van der Waals surface area (Å²) in [6, 6.07) is 7.84. The number of rotatable bonds is 7. The van der Waals surface area contributed by atoms with Crippen molar-refractivity contribution in [3.63, 3.8) is 0 Å². The van der Waals surface area contributed by atoms with Crippen LogP contribution in [0.4, 0.5) is 0 Å². The molecule has 2 heterocycles. The minimum atomic E-state index is 0.0570. The number of nitrogens with zero attached hydrogens (tertiary/aromatic N) is 1. The first kappa shape index (κ1) is 17.2. The molecule has 1 atom stereocenters. The number of oxazole rings is 1. The van der Waals surface area contributed by atoms with E-state index in [1.807, 2.05) is 24.3 Å². The van der Waals surface area contributed by atoms with Gasteiger partial charge in [-0.05, 0) is 37.9 Å². The van der Waals surface area contributed by atoms with Gasteiger partial charge < -0.3 is 15.1 Å². The molecule has 1 fully saturated rings. The Bertz CT molecular complexity index is 680. The highest BCUT2D eigenvalue weighted by molar-refractivity contribution is 9.10. The monoisotopic (exact) mass is 391 g/mol. The number of aromatic nitrogens is 1. The summed E-state index contributed by atoms with van der Waals surface area (Å²) in [6.45, 7) is 2.92. The van der Waals surface area contributed by atoms with Crippen molar-refractivity contribution in [2.75, 3.05) is 19.6 Å². The topological polar surface area (TPSA) is 67.2 Å². The van der Waals surface area contributed by atoms with Crippen molar-refractivity contribution in [1.29, 1.82) is 0 Å². The zero-order valence-electron chi connectivity index (χ0n) is 13.6. The lowest BCUT2D eigenvalue weighted by molar-refractivity contribution is -0.121. The molecule has 2 aromatic rings. The van der Waals surface area contributed by atoms with Gasteiger partial charge in [-0.15, -0.1) is 0 Å². The average molecular weight is 392 g/mol. The third kappa shape index (κ3) is 4.68. The van der Waals surface area contributed by atoms with Gasteiger partial charge in [-0.1, -0.05) is 34.1 Å². The summed E-state index contributed by atoms with van der Waals surface area (Å²) in [7, 11) is 0. The molecular formula is C18H22BrN3O2. The van der Waals surface area contributed by atoms with Crippen molar-refractivity contribution >= 4 is 21.8 Å². The number of amides is 1. The lowest BCUT2D eigenvalue weighted by Gasteiger charge is -2.08. The number of carbonyl (C=O) groups is 1. The quantitative estimate of drug-likeness (QED) is 0.760. The first-order valence-electron chi connectivity index (χ1n) is 8.39. The summed E-state index contributed by atoms with van der Waals surface area (Å²) in [6.07, 6.45) is 4.88. The Kier molecular flexibility index (Phi) is 6.04. The molecule has 1 aliphatic heterocycles. The number of aryl methyl sites for hydroxylation is 1. The van der Waals surface area contributed by atoms with Gasteiger partial charge in [-0.3, -0.25) is 4.79 Å². The molecule has 1 aliphatic rings. The van der Waals surface area contributed by atoms with Gasteiger partial charge in [0.15, 0.2) is 11.7 Å². The fourth-order valence-electron chi connectivity index (χ4n) is 2.90. The minimum absolute atomic E-state index is 0.0570. The highest BCUT2D eigenvalue weighted by Crippen LogP contribution is 2.28. The lowest BCUT2D eigenvalue weighted by atomic mass is 10.1. The molecule has 2 N–H and O–H groups in total. The van der Waals surface area contributed by atoms with Crippen molar-refractivity contribution in [2.24, 2.45) is 5.92 Å². The van der Waals surface area contributed by atoms with E-state index >= 15 is 0 Å². The van der Waals surface area contributed by atoms with Crippen LogP contribution in [0, 0.1) is 5.92 Å². The number of hydrogen-bond acceptors (Lipinski definition) is 4. The molecule has 24 heavy (non-hydrogen) atoms. The molecule has 128 valence electrons. The molecule has 1 unspecified atom stereocenters. The summed E-state index contributed by atoms with van der Waals surface area (Å²) < 4.78 is 6.72. The lowest BCUT2D eigenvalue weighted by Crippen LogP contribution is -2.26. The second-order valence-corrected chi connectivity index (χ2v) is 6.95. The van der Waals surface area contributed by atoms with Crippen LogP contribution in [0.1, 0.15) is 25.2 Å². The SMILES string of the molecule is O=C(CCc1ncc(-c2ccccc2Br)o1)NCCC1CCNC1. The van der Waals surface area contributed by atoms with Crippen LogP contribution in [-0.2, 0) is 11.2 Å². The predicted molar refractivity (Wildman–Crippen MR) is 96.6 cm³/mol. The zero-order chi connectivity index (χ0) is 16.8. The minimum Gasteiger partial charge on any atom is -0.441 e. The molecule has 0 bridgehead atoms. The maximum absolute atomic E-state index is 11.9. The number of halogens is 1. The Labute approximate surface area is 150 Å². The Hall–Kier alpha value is -1.66.